The van der Waals surface area contributed by atoms with E-state index in [0.717, 1.165) is 0 Å². The zero-order chi connectivity index (χ0) is 9.80. The Labute approximate surface area is 86.3 Å². The molecule has 76 valence electrons. The molecule has 0 aromatic carbocycles. The lowest BCUT2D eigenvalue weighted by atomic mass is 10.5. The first kappa shape index (κ1) is 9.61. The van der Waals surface area contributed by atoms with Gasteiger partial charge in [0.2, 0.25) is 0 Å². The first-order chi connectivity index (χ1) is 6.84. The molecule has 14 heavy (non-hydrogen) atoms. The van der Waals surface area contributed by atoms with Crippen LogP contribution in [0, 0.1) is 5.92 Å². The van der Waals surface area contributed by atoms with Crippen molar-refractivity contribution in [2.24, 2.45) is 5.92 Å². The molecule has 0 aliphatic heterocycles. The van der Waals surface area contributed by atoms with Crippen LogP contribution < -0.4 is 5.32 Å². The summed E-state index contributed by atoms with van der Waals surface area (Å²) in [6.07, 6.45) is 4.15. The number of nitrogens with one attached hydrogen (secondary N) is 1. The quantitative estimate of drug-likeness (QED) is 0.804. The third kappa shape index (κ3) is 3.08. The molecule has 4 nitrogen and oxygen atoms in total. The zero-order valence-corrected chi connectivity index (χ0v) is 8.55. The molecule has 5 heteroatoms. The van der Waals surface area contributed by atoms with Gasteiger partial charge in [0.15, 0.2) is 5.13 Å². The predicted molar refractivity (Wildman–Crippen MR) is 54.3 cm³/mol. The van der Waals surface area contributed by atoms with E-state index in [9.17, 15) is 4.79 Å². The summed E-state index contributed by atoms with van der Waals surface area (Å²) >= 11 is 1.40. The van der Waals surface area contributed by atoms with Crippen LogP contribution in [0.3, 0.4) is 0 Å². The normalized spacial score (nSPS) is 15.4. The van der Waals surface area contributed by atoms with Gasteiger partial charge in [-0.05, 0) is 18.8 Å². The lowest BCUT2D eigenvalue weighted by Crippen LogP contribution is -2.18. The van der Waals surface area contributed by atoms with Crippen LogP contribution in [0.15, 0.2) is 11.6 Å². The van der Waals surface area contributed by atoms with Crippen molar-refractivity contribution < 1.29 is 9.53 Å². The largest absolute Gasteiger partial charge is 0.371 e. The monoisotopic (exact) mass is 212 g/mol. The molecule has 1 saturated carbocycles. The highest BCUT2D eigenvalue weighted by molar-refractivity contribution is 7.13. The minimum Gasteiger partial charge on any atom is -0.371 e. The highest BCUT2D eigenvalue weighted by Crippen LogP contribution is 2.28. The molecule has 1 heterocycles. The number of anilines is 1. The van der Waals surface area contributed by atoms with Crippen LogP contribution in [-0.4, -0.2) is 24.1 Å². The Bertz CT molecular complexity index is 296. The Kier molecular flexibility index (Phi) is 3.10. The van der Waals surface area contributed by atoms with E-state index < -0.39 is 0 Å². The van der Waals surface area contributed by atoms with Crippen LogP contribution in [0.2, 0.25) is 0 Å². The Balaban J connectivity index is 1.62. The summed E-state index contributed by atoms with van der Waals surface area (Å²) in [5.74, 6) is 0.572. The zero-order valence-electron chi connectivity index (χ0n) is 7.73. The van der Waals surface area contributed by atoms with Crippen molar-refractivity contribution >= 4 is 22.4 Å². The third-order valence-electron chi connectivity index (χ3n) is 1.96. The second kappa shape index (κ2) is 4.52. The summed E-state index contributed by atoms with van der Waals surface area (Å²) in [5, 5.41) is 5.11. The molecular formula is C9H12N2O2S. The highest BCUT2D eigenvalue weighted by Gasteiger charge is 2.21. The second-order valence-electron chi connectivity index (χ2n) is 3.34. The molecular weight excluding hydrogens is 200 g/mol. The Morgan fingerprint density at radius 3 is 3.21 bits per heavy atom. The van der Waals surface area contributed by atoms with Gasteiger partial charge in [0.05, 0.1) is 6.61 Å². The molecule has 0 saturated heterocycles. The van der Waals surface area contributed by atoms with Gasteiger partial charge >= 0.3 is 0 Å². The molecule has 0 radical (unpaired) electrons. The molecule has 0 atom stereocenters. The molecule has 0 bridgehead atoms. The number of ether oxygens (including phenoxy) is 1. The Morgan fingerprint density at radius 1 is 1.71 bits per heavy atom. The van der Waals surface area contributed by atoms with Gasteiger partial charge in [-0.1, -0.05) is 0 Å². The number of nitrogens with zero attached hydrogens (tertiary/aromatic N) is 1. The summed E-state index contributed by atoms with van der Waals surface area (Å²) in [7, 11) is 0. The van der Waals surface area contributed by atoms with Crippen molar-refractivity contribution in [2.75, 3.05) is 18.5 Å². The van der Waals surface area contributed by atoms with E-state index in [4.69, 9.17) is 4.74 Å². The summed E-state index contributed by atoms with van der Waals surface area (Å²) in [4.78, 5) is 15.2. The van der Waals surface area contributed by atoms with E-state index in [2.05, 4.69) is 10.3 Å². The van der Waals surface area contributed by atoms with Crippen LogP contribution in [-0.2, 0) is 9.53 Å². The number of hydrogen-bond acceptors (Lipinski definition) is 4. The van der Waals surface area contributed by atoms with Crippen molar-refractivity contribution in [1.82, 2.24) is 4.98 Å². The minimum atomic E-state index is -0.124. The average Bonchev–Trinajstić information content (AvgIpc) is 2.83. The lowest BCUT2D eigenvalue weighted by Gasteiger charge is -2.02. The van der Waals surface area contributed by atoms with Crippen LogP contribution >= 0.6 is 11.3 Å². The molecule has 1 aromatic heterocycles. The maximum absolute atomic E-state index is 11.2. The van der Waals surface area contributed by atoms with Gasteiger partial charge in [-0.25, -0.2) is 4.98 Å². The van der Waals surface area contributed by atoms with Crippen molar-refractivity contribution in [3.63, 3.8) is 0 Å². The van der Waals surface area contributed by atoms with Gasteiger partial charge in [0.25, 0.3) is 5.91 Å². The summed E-state index contributed by atoms with van der Waals surface area (Å²) in [6.45, 7) is 0.849. The standard InChI is InChI=1S/C9H12N2O2S/c12-8(6-13-5-7-1-2-7)11-9-10-3-4-14-9/h3-4,7H,1-2,5-6H2,(H,10,11,12). The van der Waals surface area contributed by atoms with Gasteiger partial charge in [-0.3, -0.25) is 10.1 Å². The van der Waals surface area contributed by atoms with Crippen molar-refractivity contribution in [3.8, 4) is 0 Å². The van der Waals surface area contributed by atoms with E-state index in [1.807, 2.05) is 5.38 Å². The van der Waals surface area contributed by atoms with Gasteiger partial charge in [-0.15, -0.1) is 11.3 Å². The Morgan fingerprint density at radius 2 is 2.57 bits per heavy atom. The van der Waals surface area contributed by atoms with Gasteiger partial charge < -0.3 is 4.74 Å². The molecule has 1 amide bonds. The molecule has 0 unspecified atom stereocenters. The number of hydrogen-bond donors (Lipinski definition) is 1. The van der Waals surface area contributed by atoms with E-state index in [-0.39, 0.29) is 12.5 Å². The summed E-state index contributed by atoms with van der Waals surface area (Å²) < 4.78 is 5.23. The van der Waals surface area contributed by atoms with E-state index in [1.54, 1.807) is 6.20 Å². The molecule has 2 rings (SSSR count). The summed E-state index contributed by atoms with van der Waals surface area (Å²) in [6, 6.07) is 0. The van der Waals surface area contributed by atoms with Gasteiger partial charge in [0.1, 0.15) is 6.61 Å². The molecule has 1 aromatic rings. The van der Waals surface area contributed by atoms with Crippen LogP contribution in [0.4, 0.5) is 5.13 Å². The van der Waals surface area contributed by atoms with E-state index >= 15 is 0 Å². The molecule has 0 spiro atoms. The van der Waals surface area contributed by atoms with E-state index in [0.29, 0.717) is 17.7 Å². The fourth-order valence-electron chi connectivity index (χ4n) is 1.04. The van der Waals surface area contributed by atoms with Crippen molar-refractivity contribution in [1.29, 1.82) is 0 Å². The first-order valence-corrected chi connectivity index (χ1v) is 5.49. The van der Waals surface area contributed by atoms with Crippen molar-refractivity contribution in [3.05, 3.63) is 11.6 Å². The third-order valence-corrected chi connectivity index (χ3v) is 2.65. The summed E-state index contributed by atoms with van der Waals surface area (Å²) in [5.41, 5.74) is 0. The number of carbonyl (C=O) groups excluding carboxylic acids is 1. The molecule has 1 aliphatic carbocycles. The second-order valence-corrected chi connectivity index (χ2v) is 4.24. The van der Waals surface area contributed by atoms with Crippen molar-refractivity contribution in [2.45, 2.75) is 12.8 Å². The maximum Gasteiger partial charge on any atom is 0.252 e. The maximum atomic E-state index is 11.2. The molecule has 1 fully saturated rings. The smallest absolute Gasteiger partial charge is 0.252 e. The fraction of sp³-hybridized carbons (Fsp3) is 0.556. The predicted octanol–water partition coefficient (Wildman–Crippen LogP) is 1.51. The first-order valence-electron chi connectivity index (χ1n) is 4.61. The van der Waals surface area contributed by atoms with Crippen LogP contribution in [0.25, 0.3) is 0 Å². The number of thiazole rings is 1. The van der Waals surface area contributed by atoms with Gasteiger partial charge in [0, 0.05) is 11.6 Å². The number of amides is 1. The van der Waals surface area contributed by atoms with Crippen LogP contribution in [0.5, 0.6) is 0 Å². The topological polar surface area (TPSA) is 51.2 Å². The molecule has 1 aliphatic rings. The Hall–Kier alpha value is -0.940. The lowest BCUT2D eigenvalue weighted by molar-refractivity contribution is -0.120. The SMILES string of the molecule is O=C(COCC1CC1)Nc1nccs1. The van der Waals surface area contributed by atoms with Crippen LogP contribution in [0.1, 0.15) is 12.8 Å². The minimum absolute atomic E-state index is 0.124. The highest BCUT2D eigenvalue weighted by atomic mass is 32.1. The number of carbonyl (C=O) groups is 1. The van der Waals surface area contributed by atoms with E-state index in [1.165, 1.54) is 24.2 Å². The number of rotatable bonds is 5. The average molecular weight is 212 g/mol. The fourth-order valence-corrected chi connectivity index (χ4v) is 1.59. The molecule has 1 N–H and O–H groups in total. The number of aromatic nitrogens is 1. The van der Waals surface area contributed by atoms with Gasteiger partial charge in [-0.2, -0.15) is 0 Å².